The lowest BCUT2D eigenvalue weighted by Crippen LogP contribution is -2.40. The van der Waals surface area contributed by atoms with Crippen LogP contribution in [0.1, 0.15) is 32.1 Å². The number of amides is 1. The number of carbonyl (C=O) groups excluding carboxylic acids is 1. The largest absolute Gasteiger partial charge is 0.381 e. The standard InChI is InChI=1S/C14H24N2O3.ClH/c15-9-11-1-2-12(19-11)13(17)16-6-3-14(10-16)4-7-18-8-5-14;/h11-12H,1-10,15H2;1H/t11-,12+;/m1./s1. The number of halogens is 1. The molecule has 0 saturated carbocycles. The third-order valence-electron chi connectivity index (χ3n) is 4.95. The molecule has 20 heavy (non-hydrogen) atoms. The molecule has 0 radical (unpaired) electrons. The van der Waals surface area contributed by atoms with E-state index in [2.05, 4.69) is 0 Å². The van der Waals surface area contributed by atoms with Gasteiger partial charge >= 0.3 is 0 Å². The molecule has 0 aliphatic carbocycles. The highest BCUT2D eigenvalue weighted by Gasteiger charge is 2.43. The van der Waals surface area contributed by atoms with E-state index in [1.165, 1.54) is 0 Å². The zero-order valence-corrected chi connectivity index (χ0v) is 12.7. The Morgan fingerprint density at radius 1 is 1.25 bits per heavy atom. The van der Waals surface area contributed by atoms with Crippen molar-refractivity contribution in [2.75, 3.05) is 32.8 Å². The summed E-state index contributed by atoms with van der Waals surface area (Å²) in [5.41, 5.74) is 5.92. The van der Waals surface area contributed by atoms with Gasteiger partial charge in [-0.1, -0.05) is 0 Å². The van der Waals surface area contributed by atoms with Crippen LogP contribution < -0.4 is 5.73 Å². The maximum absolute atomic E-state index is 12.5. The van der Waals surface area contributed by atoms with E-state index >= 15 is 0 Å². The van der Waals surface area contributed by atoms with E-state index in [1.807, 2.05) is 4.90 Å². The summed E-state index contributed by atoms with van der Waals surface area (Å²) < 4.78 is 11.2. The number of hydrogen-bond acceptors (Lipinski definition) is 4. The van der Waals surface area contributed by atoms with Crippen molar-refractivity contribution in [1.82, 2.24) is 4.90 Å². The van der Waals surface area contributed by atoms with Crippen LogP contribution in [-0.2, 0) is 14.3 Å². The first-order valence-corrected chi connectivity index (χ1v) is 7.44. The molecule has 0 aromatic rings. The quantitative estimate of drug-likeness (QED) is 0.825. The number of carbonyl (C=O) groups is 1. The second-order valence-corrected chi connectivity index (χ2v) is 6.18. The fraction of sp³-hybridized carbons (Fsp3) is 0.929. The molecule has 1 amide bonds. The van der Waals surface area contributed by atoms with Gasteiger partial charge in [0.05, 0.1) is 6.10 Å². The van der Waals surface area contributed by atoms with E-state index in [0.717, 1.165) is 58.4 Å². The van der Waals surface area contributed by atoms with E-state index in [0.29, 0.717) is 12.0 Å². The Morgan fingerprint density at radius 2 is 2.00 bits per heavy atom. The van der Waals surface area contributed by atoms with E-state index in [-0.39, 0.29) is 30.5 Å². The van der Waals surface area contributed by atoms with Crippen molar-refractivity contribution < 1.29 is 14.3 Å². The minimum absolute atomic E-state index is 0. The van der Waals surface area contributed by atoms with Crippen LogP contribution in [0.15, 0.2) is 0 Å². The number of ether oxygens (including phenoxy) is 2. The molecule has 3 rings (SSSR count). The molecular weight excluding hydrogens is 280 g/mol. The van der Waals surface area contributed by atoms with Crippen LogP contribution in [0.25, 0.3) is 0 Å². The summed E-state index contributed by atoms with van der Waals surface area (Å²) >= 11 is 0. The molecule has 3 fully saturated rings. The molecule has 3 aliphatic heterocycles. The Bertz CT molecular complexity index is 347. The second-order valence-electron chi connectivity index (χ2n) is 6.18. The molecular formula is C14H25ClN2O3. The number of hydrogen-bond donors (Lipinski definition) is 1. The van der Waals surface area contributed by atoms with E-state index < -0.39 is 0 Å². The Labute approximate surface area is 126 Å². The smallest absolute Gasteiger partial charge is 0.251 e. The summed E-state index contributed by atoms with van der Waals surface area (Å²) in [5.74, 6) is 0.180. The lowest BCUT2D eigenvalue weighted by molar-refractivity contribution is -0.142. The number of likely N-dealkylation sites (tertiary alicyclic amines) is 1. The molecule has 0 aromatic heterocycles. The first kappa shape index (κ1) is 16.0. The van der Waals surface area contributed by atoms with Gasteiger partial charge in [-0.25, -0.2) is 0 Å². The maximum Gasteiger partial charge on any atom is 0.251 e. The van der Waals surface area contributed by atoms with Crippen LogP contribution in [0.3, 0.4) is 0 Å². The van der Waals surface area contributed by atoms with Gasteiger partial charge < -0.3 is 20.1 Å². The molecule has 5 nitrogen and oxygen atoms in total. The van der Waals surface area contributed by atoms with E-state index in [1.54, 1.807) is 0 Å². The van der Waals surface area contributed by atoms with Crippen molar-refractivity contribution in [3.05, 3.63) is 0 Å². The normalized spacial score (nSPS) is 32.4. The minimum atomic E-state index is -0.247. The molecule has 0 bridgehead atoms. The molecule has 6 heteroatoms. The number of rotatable bonds is 2. The zero-order valence-electron chi connectivity index (χ0n) is 11.9. The summed E-state index contributed by atoms with van der Waals surface area (Å²) in [5, 5.41) is 0. The average Bonchev–Trinajstić information content (AvgIpc) is 3.06. The topological polar surface area (TPSA) is 64.8 Å². The molecule has 3 heterocycles. The highest BCUT2D eigenvalue weighted by molar-refractivity contribution is 5.85. The fourth-order valence-corrected chi connectivity index (χ4v) is 3.60. The molecule has 2 atom stereocenters. The predicted molar refractivity (Wildman–Crippen MR) is 77.9 cm³/mol. The van der Waals surface area contributed by atoms with Crippen molar-refractivity contribution in [2.45, 2.75) is 44.3 Å². The fourth-order valence-electron chi connectivity index (χ4n) is 3.60. The summed E-state index contributed by atoms with van der Waals surface area (Å²) in [4.78, 5) is 14.5. The van der Waals surface area contributed by atoms with Crippen molar-refractivity contribution in [2.24, 2.45) is 11.1 Å². The van der Waals surface area contributed by atoms with Crippen molar-refractivity contribution in [3.8, 4) is 0 Å². The second kappa shape index (κ2) is 6.60. The number of nitrogens with zero attached hydrogens (tertiary/aromatic N) is 1. The third kappa shape index (κ3) is 3.11. The van der Waals surface area contributed by atoms with Crippen LogP contribution in [0, 0.1) is 5.41 Å². The van der Waals surface area contributed by atoms with Gasteiger partial charge in [-0.2, -0.15) is 0 Å². The molecule has 0 aromatic carbocycles. The van der Waals surface area contributed by atoms with Crippen molar-refractivity contribution in [3.63, 3.8) is 0 Å². The minimum Gasteiger partial charge on any atom is -0.381 e. The van der Waals surface area contributed by atoms with E-state index in [9.17, 15) is 4.79 Å². The van der Waals surface area contributed by atoms with Crippen LogP contribution in [0.2, 0.25) is 0 Å². The third-order valence-corrected chi connectivity index (χ3v) is 4.95. The molecule has 0 unspecified atom stereocenters. The summed E-state index contributed by atoms with van der Waals surface area (Å²) in [6.45, 7) is 3.98. The predicted octanol–water partition coefficient (Wildman–Crippen LogP) is 0.944. The first-order chi connectivity index (χ1) is 9.22. The Morgan fingerprint density at radius 3 is 2.65 bits per heavy atom. The van der Waals surface area contributed by atoms with Gasteiger partial charge in [0.15, 0.2) is 0 Å². The molecule has 1 spiro atoms. The Hall–Kier alpha value is -0.360. The van der Waals surface area contributed by atoms with Crippen molar-refractivity contribution in [1.29, 1.82) is 0 Å². The van der Waals surface area contributed by atoms with Crippen LogP contribution in [0.5, 0.6) is 0 Å². The lowest BCUT2D eigenvalue weighted by Gasteiger charge is -2.33. The monoisotopic (exact) mass is 304 g/mol. The van der Waals surface area contributed by atoms with Crippen LogP contribution >= 0.6 is 12.4 Å². The van der Waals surface area contributed by atoms with Gasteiger partial charge in [0, 0.05) is 32.8 Å². The first-order valence-electron chi connectivity index (χ1n) is 7.44. The summed E-state index contributed by atoms with van der Waals surface area (Å²) in [7, 11) is 0. The van der Waals surface area contributed by atoms with Gasteiger partial charge in [-0.3, -0.25) is 4.79 Å². The SMILES string of the molecule is Cl.NC[C@H]1CC[C@@H](C(=O)N2CCC3(CCOCC3)C2)O1. The molecule has 3 saturated heterocycles. The summed E-state index contributed by atoms with van der Waals surface area (Å²) in [6, 6.07) is 0. The summed E-state index contributed by atoms with van der Waals surface area (Å²) in [6.07, 6.45) is 4.88. The molecule has 2 N–H and O–H groups in total. The zero-order chi connectivity index (χ0) is 13.3. The lowest BCUT2D eigenvalue weighted by atomic mass is 9.80. The highest BCUT2D eigenvalue weighted by atomic mass is 35.5. The van der Waals surface area contributed by atoms with Crippen LogP contribution in [0.4, 0.5) is 0 Å². The van der Waals surface area contributed by atoms with Crippen molar-refractivity contribution >= 4 is 18.3 Å². The Balaban J connectivity index is 0.00000147. The van der Waals surface area contributed by atoms with Gasteiger partial charge in [0.2, 0.25) is 0 Å². The molecule has 3 aliphatic rings. The maximum atomic E-state index is 12.5. The van der Waals surface area contributed by atoms with Crippen LogP contribution in [-0.4, -0.2) is 55.9 Å². The van der Waals surface area contributed by atoms with Gasteiger partial charge in [0.25, 0.3) is 5.91 Å². The molecule has 116 valence electrons. The highest BCUT2D eigenvalue weighted by Crippen LogP contribution is 2.40. The number of nitrogens with two attached hydrogens (primary N) is 1. The Kier molecular flexibility index (Phi) is 5.29. The van der Waals surface area contributed by atoms with Gasteiger partial charge in [-0.05, 0) is 37.5 Å². The van der Waals surface area contributed by atoms with Gasteiger partial charge in [-0.15, -0.1) is 12.4 Å². The van der Waals surface area contributed by atoms with E-state index in [4.69, 9.17) is 15.2 Å². The average molecular weight is 305 g/mol. The van der Waals surface area contributed by atoms with Gasteiger partial charge in [0.1, 0.15) is 6.10 Å².